The van der Waals surface area contributed by atoms with E-state index in [0.717, 1.165) is 44.8 Å². The lowest BCUT2D eigenvalue weighted by molar-refractivity contribution is 0.0975. The molecule has 4 aromatic carbocycles. The number of pyridine rings is 4. The highest BCUT2D eigenvalue weighted by atomic mass is 35.5. The van der Waals surface area contributed by atoms with E-state index in [2.05, 4.69) is 55.6 Å². The fraction of sp³-hybridized carbons (Fsp3) is 0.160. The van der Waals surface area contributed by atoms with Crippen molar-refractivity contribution in [2.45, 2.75) is 38.8 Å². The first-order valence-electron chi connectivity index (χ1n) is 20.2. The van der Waals surface area contributed by atoms with Crippen LogP contribution in [0.4, 0.5) is 17.5 Å². The largest absolute Gasteiger partial charge is 0.383 e. The van der Waals surface area contributed by atoms with Gasteiger partial charge in [0, 0.05) is 68.5 Å². The van der Waals surface area contributed by atoms with Crippen molar-refractivity contribution in [3.8, 4) is 0 Å². The number of fused-ring (bicyclic) bond motifs is 2. The maximum atomic E-state index is 13.1. The van der Waals surface area contributed by atoms with Gasteiger partial charge in [-0.2, -0.15) is 0 Å². The topological polar surface area (TPSA) is 153 Å². The number of hydrogen-bond acceptors (Lipinski definition) is 10. The number of carbonyl (C=O) groups is 2. The molecule has 63 heavy (non-hydrogen) atoms. The Kier molecular flexibility index (Phi) is 16.5. The molecule has 5 N–H and O–H groups in total. The number of nitrogens with one attached hydrogen (secondary N) is 1. The van der Waals surface area contributed by atoms with E-state index in [1.54, 1.807) is 30.7 Å². The van der Waals surface area contributed by atoms with E-state index in [1.165, 1.54) is 11.8 Å². The van der Waals surface area contributed by atoms with Crippen LogP contribution in [0.5, 0.6) is 0 Å². The molecule has 0 saturated carbocycles. The van der Waals surface area contributed by atoms with Gasteiger partial charge in [0.1, 0.15) is 22.6 Å². The summed E-state index contributed by atoms with van der Waals surface area (Å²) in [5.41, 5.74) is 17.3. The monoisotopic (exact) mass is 896 g/mol. The Morgan fingerprint density at radius 2 is 1.08 bits per heavy atom. The lowest BCUT2D eigenvalue weighted by Crippen LogP contribution is -2.21. The Labute approximate surface area is 382 Å². The third-order valence-electron chi connectivity index (χ3n) is 10.1. The van der Waals surface area contributed by atoms with Gasteiger partial charge in [-0.25, -0.2) is 19.9 Å². The van der Waals surface area contributed by atoms with Gasteiger partial charge in [0.25, 0.3) is 0 Å². The molecule has 0 unspecified atom stereocenters. The molecular weight excluding hydrogens is 851 g/mol. The van der Waals surface area contributed by atoms with Crippen molar-refractivity contribution in [1.82, 2.24) is 25.3 Å². The Balaban J connectivity index is 0.000000180. The number of nitrogen functional groups attached to an aromatic ring is 2. The molecule has 0 spiro atoms. The van der Waals surface area contributed by atoms with Crippen LogP contribution < -0.4 is 21.7 Å². The van der Waals surface area contributed by atoms with Crippen molar-refractivity contribution in [3.05, 3.63) is 195 Å². The summed E-state index contributed by atoms with van der Waals surface area (Å²) in [5, 5.41) is 7.96. The van der Waals surface area contributed by atoms with Crippen LogP contribution >= 0.6 is 34.8 Å². The van der Waals surface area contributed by atoms with Gasteiger partial charge < -0.3 is 21.7 Å². The van der Waals surface area contributed by atoms with Gasteiger partial charge in [0.05, 0.1) is 21.2 Å². The molecule has 0 radical (unpaired) electrons. The summed E-state index contributed by atoms with van der Waals surface area (Å²) >= 11 is 18.0. The number of carbonyl (C=O) groups excluding carboxylic acids is 2. The first kappa shape index (κ1) is 46.1. The lowest BCUT2D eigenvalue weighted by atomic mass is 10.0. The number of aryl methyl sites for hydroxylation is 2. The van der Waals surface area contributed by atoms with E-state index in [0.29, 0.717) is 70.9 Å². The number of hydrogen-bond donors (Lipinski definition) is 3. The van der Waals surface area contributed by atoms with Crippen molar-refractivity contribution in [2.24, 2.45) is 0 Å². The zero-order valence-electron chi connectivity index (χ0n) is 34.9. The first-order chi connectivity index (χ1) is 30.5. The average Bonchev–Trinajstić information content (AvgIpc) is 3.29. The second kappa shape index (κ2) is 22.6. The molecular formula is C50H47Cl3N8O2. The van der Waals surface area contributed by atoms with Crippen molar-refractivity contribution in [3.63, 3.8) is 0 Å². The highest BCUT2D eigenvalue weighted by molar-refractivity contribution is 6.34. The summed E-state index contributed by atoms with van der Waals surface area (Å²) in [5.74, 6) is 1.58. The van der Waals surface area contributed by atoms with Gasteiger partial charge in [0.2, 0.25) is 0 Å². The minimum atomic E-state index is -0.0839. The number of nitrogens with two attached hydrogens (primary N) is 2. The number of halogens is 3. The molecule has 0 bridgehead atoms. The van der Waals surface area contributed by atoms with E-state index in [-0.39, 0.29) is 16.7 Å². The minimum Gasteiger partial charge on any atom is -0.383 e. The van der Waals surface area contributed by atoms with Gasteiger partial charge in [-0.15, -0.1) is 0 Å². The summed E-state index contributed by atoms with van der Waals surface area (Å²) < 4.78 is 0. The fourth-order valence-corrected chi connectivity index (χ4v) is 7.41. The lowest BCUT2D eigenvalue weighted by Gasteiger charge is -2.21. The summed E-state index contributed by atoms with van der Waals surface area (Å²) in [6, 6.07) is 39.4. The van der Waals surface area contributed by atoms with Crippen LogP contribution in [-0.4, -0.2) is 45.6 Å². The number of anilines is 3. The molecule has 4 heterocycles. The zero-order valence-corrected chi connectivity index (χ0v) is 37.2. The first-order valence-corrected chi connectivity index (χ1v) is 21.3. The summed E-state index contributed by atoms with van der Waals surface area (Å²) in [6.45, 7) is 1.61. The molecule has 0 atom stereocenters. The molecule has 8 aromatic rings. The molecule has 0 aliphatic rings. The zero-order chi connectivity index (χ0) is 44.7. The van der Waals surface area contributed by atoms with Crippen LogP contribution in [0.25, 0.3) is 21.5 Å². The maximum absolute atomic E-state index is 13.1. The summed E-state index contributed by atoms with van der Waals surface area (Å²) in [7, 11) is 3.88. The predicted molar refractivity (Wildman–Crippen MR) is 259 cm³/mol. The van der Waals surface area contributed by atoms with Crippen molar-refractivity contribution in [1.29, 1.82) is 0 Å². The fourth-order valence-electron chi connectivity index (χ4n) is 6.89. The van der Waals surface area contributed by atoms with Crippen LogP contribution in [0.2, 0.25) is 15.2 Å². The summed E-state index contributed by atoms with van der Waals surface area (Å²) in [6.07, 6.45) is 8.27. The van der Waals surface area contributed by atoms with Gasteiger partial charge in [-0.1, -0.05) is 132 Å². The van der Waals surface area contributed by atoms with Crippen LogP contribution in [0.3, 0.4) is 0 Å². The Bertz CT molecular complexity index is 2810. The number of ketones is 2. The number of benzene rings is 4. The molecule has 4 aromatic heterocycles. The van der Waals surface area contributed by atoms with E-state index in [1.807, 2.05) is 97.9 Å². The minimum absolute atomic E-state index is 0.0132. The molecule has 13 heteroatoms. The van der Waals surface area contributed by atoms with Crippen LogP contribution in [0.15, 0.2) is 146 Å². The van der Waals surface area contributed by atoms with Crippen molar-refractivity contribution >= 4 is 85.4 Å². The Hall–Kier alpha value is -6.43. The van der Waals surface area contributed by atoms with Crippen LogP contribution in [0, 0.1) is 0 Å². The molecule has 8 rings (SSSR count). The third-order valence-corrected chi connectivity index (χ3v) is 10.8. The Morgan fingerprint density at radius 3 is 1.62 bits per heavy atom. The molecule has 0 amide bonds. The standard InChI is InChI=1S/C25H23ClN4O.C17H13Cl2N3O.C8H11N/c1-30(16-18-5-3-2-4-6-18)25-22(14-20(26)15-29-25)23(31)10-8-17-7-9-21-19(13-17)11-12-28-24(21)27;18-12-8-14(16(19)22-9-12)15(23)4-2-10-1-3-13-11(7-10)5-6-21-17(13)20;1-9-7-8-5-3-2-4-6-8/h2-7,9,11-15H,8,10,16H2,1H3,(H2,27,28);1,3,5-9H,2,4H2,(H2,20,21);2-6,9H,7H2,1H3. The van der Waals surface area contributed by atoms with Crippen LogP contribution in [0.1, 0.15) is 55.8 Å². The average molecular weight is 898 g/mol. The highest BCUT2D eigenvalue weighted by Crippen LogP contribution is 2.26. The highest BCUT2D eigenvalue weighted by Gasteiger charge is 2.18. The second-order valence-electron chi connectivity index (χ2n) is 14.7. The van der Waals surface area contributed by atoms with Gasteiger partial charge in [-0.3, -0.25) is 9.59 Å². The number of rotatable bonds is 13. The number of aromatic nitrogens is 4. The van der Waals surface area contributed by atoms with E-state index in [4.69, 9.17) is 46.3 Å². The van der Waals surface area contributed by atoms with Gasteiger partial charge >= 0.3 is 0 Å². The normalized spacial score (nSPS) is 10.7. The quantitative estimate of drug-likeness (QED) is 0.0753. The SMILES string of the molecule is CN(Cc1ccccc1)c1ncc(Cl)cc1C(=O)CCc1ccc2c(N)nccc2c1.CNCc1ccccc1.Nc1nccc2cc(CCC(=O)c3cc(Cl)cnc3Cl)ccc12. The third kappa shape index (κ3) is 13.0. The smallest absolute Gasteiger partial charge is 0.166 e. The summed E-state index contributed by atoms with van der Waals surface area (Å²) in [4.78, 5) is 43.9. The molecule has 10 nitrogen and oxygen atoms in total. The number of Topliss-reactive ketones (excluding diaryl/α,β-unsaturated/α-hetero) is 2. The molecule has 0 aliphatic heterocycles. The van der Waals surface area contributed by atoms with Gasteiger partial charge in [0.15, 0.2) is 11.6 Å². The van der Waals surface area contributed by atoms with E-state index >= 15 is 0 Å². The molecule has 0 aliphatic carbocycles. The molecule has 320 valence electrons. The number of nitrogens with zero attached hydrogens (tertiary/aromatic N) is 5. The van der Waals surface area contributed by atoms with Crippen LogP contribution in [-0.2, 0) is 25.9 Å². The van der Waals surface area contributed by atoms with Crippen molar-refractivity contribution in [2.75, 3.05) is 30.5 Å². The second-order valence-corrected chi connectivity index (χ2v) is 16.0. The molecule has 0 saturated heterocycles. The maximum Gasteiger partial charge on any atom is 0.166 e. The van der Waals surface area contributed by atoms with E-state index in [9.17, 15) is 9.59 Å². The predicted octanol–water partition coefficient (Wildman–Crippen LogP) is 11.1. The van der Waals surface area contributed by atoms with Gasteiger partial charge in [-0.05, 0) is 77.2 Å². The Morgan fingerprint density at radius 1 is 0.587 bits per heavy atom. The van der Waals surface area contributed by atoms with E-state index < -0.39 is 0 Å². The van der Waals surface area contributed by atoms with Crippen molar-refractivity contribution < 1.29 is 9.59 Å². The molecule has 0 fully saturated rings.